The molecule has 4 heteroatoms. The van der Waals surface area contributed by atoms with Crippen LogP contribution in [0, 0.1) is 0 Å². The van der Waals surface area contributed by atoms with Gasteiger partial charge in [0.2, 0.25) is 0 Å². The summed E-state index contributed by atoms with van der Waals surface area (Å²) in [4.78, 5) is 16.2. The first-order chi connectivity index (χ1) is 8.22. The highest BCUT2D eigenvalue weighted by Gasteiger charge is 2.18. The van der Waals surface area contributed by atoms with E-state index in [-0.39, 0.29) is 11.9 Å². The standard InChI is InChI=1S/C13H22N2O2/c1-4-8-15-9-7-14-13(15)10-11(16)12(5-2)17-6-3/h7,9,12H,4-6,8,10H2,1-3H3. The van der Waals surface area contributed by atoms with Crippen molar-refractivity contribution < 1.29 is 9.53 Å². The molecule has 0 amide bonds. The molecule has 0 aromatic carbocycles. The van der Waals surface area contributed by atoms with Crippen LogP contribution in [0.5, 0.6) is 0 Å². The van der Waals surface area contributed by atoms with Gasteiger partial charge < -0.3 is 9.30 Å². The second-order valence-corrected chi connectivity index (χ2v) is 4.03. The molecule has 1 heterocycles. The quantitative estimate of drug-likeness (QED) is 0.697. The lowest BCUT2D eigenvalue weighted by molar-refractivity contribution is -0.129. The van der Waals surface area contributed by atoms with Crippen molar-refractivity contribution in [2.75, 3.05) is 6.61 Å². The minimum Gasteiger partial charge on any atom is -0.371 e. The van der Waals surface area contributed by atoms with Gasteiger partial charge in [0.25, 0.3) is 0 Å². The summed E-state index contributed by atoms with van der Waals surface area (Å²) < 4.78 is 7.45. The monoisotopic (exact) mass is 238 g/mol. The lowest BCUT2D eigenvalue weighted by atomic mass is 10.1. The summed E-state index contributed by atoms with van der Waals surface area (Å²) in [7, 11) is 0. The van der Waals surface area contributed by atoms with Gasteiger partial charge in [-0.1, -0.05) is 13.8 Å². The van der Waals surface area contributed by atoms with Crippen LogP contribution in [0.25, 0.3) is 0 Å². The van der Waals surface area contributed by atoms with E-state index in [4.69, 9.17) is 4.74 Å². The molecule has 0 aliphatic carbocycles. The van der Waals surface area contributed by atoms with Gasteiger partial charge in [0.1, 0.15) is 11.9 Å². The van der Waals surface area contributed by atoms with Crippen LogP contribution < -0.4 is 0 Å². The van der Waals surface area contributed by atoms with Crippen molar-refractivity contribution in [2.24, 2.45) is 0 Å². The summed E-state index contributed by atoms with van der Waals surface area (Å²) in [6, 6.07) is 0. The van der Waals surface area contributed by atoms with Gasteiger partial charge in [-0.05, 0) is 19.8 Å². The summed E-state index contributed by atoms with van der Waals surface area (Å²) in [5, 5.41) is 0. The van der Waals surface area contributed by atoms with E-state index in [1.54, 1.807) is 6.20 Å². The molecule has 0 aliphatic rings. The molecule has 0 saturated carbocycles. The van der Waals surface area contributed by atoms with E-state index in [0.717, 1.165) is 25.2 Å². The number of carbonyl (C=O) groups excluding carboxylic acids is 1. The van der Waals surface area contributed by atoms with E-state index in [9.17, 15) is 4.79 Å². The summed E-state index contributed by atoms with van der Waals surface area (Å²) in [5.74, 6) is 0.966. The van der Waals surface area contributed by atoms with Crippen LogP contribution in [-0.4, -0.2) is 28.0 Å². The van der Waals surface area contributed by atoms with Crippen molar-refractivity contribution in [3.63, 3.8) is 0 Å². The average Bonchev–Trinajstić information content (AvgIpc) is 2.74. The molecule has 1 aromatic rings. The smallest absolute Gasteiger partial charge is 0.169 e. The van der Waals surface area contributed by atoms with Gasteiger partial charge in [0, 0.05) is 25.5 Å². The fourth-order valence-corrected chi connectivity index (χ4v) is 1.86. The lowest BCUT2D eigenvalue weighted by Crippen LogP contribution is -2.26. The highest BCUT2D eigenvalue weighted by molar-refractivity contribution is 5.84. The molecule has 1 aromatic heterocycles. The zero-order chi connectivity index (χ0) is 12.7. The van der Waals surface area contributed by atoms with Gasteiger partial charge in [0.15, 0.2) is 5.78 Å². The number of nitrogens with zero attached hydrogens (tertiary/aromatic N) is 2. The molecule has 0 fully saturated rings. The summed E-state index contributed by atoms with van der Waals surface area (Å²) in [6.45, 7) is 7.48. The van der Waals surface area contributed by atoms with Crippen molar-refractivity contribution in [2.45, 2.75) is 52.7 Å². The third-order valence-electron chi connectivity index (χ3n) is 2.70. The molecule has 0 saturated heterocycles. The van der Waals surface area contributed by atoms with Crippen molar-refractivity contribution in [1.82, 2.24) is 9.55 Å². The SMILES string of the molecule is CCCn1ccnc1CC(=O)C(CC)OCC. The Balaban J connectivity index is 2.62. The largest absolute Gasteiger partial charge is 0.371 e. The Morgan fingerprint density at radius 3 is 2.82 bits per heavy atom. The molecule has 0 bridgehead atoms. The highest BCUT2D eigenvalue weighted by atomic mass is 16.5. The summed E-state index contributed by atoms with van der Waals surface area (Å²) in [6.07, 6.45) is 5.52. The second kappa shape index (κ2) is 7.22. The zero-order valence-electron chi connectivity index (χ0n) is 11.0. The van der Waals surface area contributed by atoms with Gasteiger partial charge in [-0.15, -0.1) is 0 Å². The number of aromatic nitrogens is 2. The number of imidazole rings is 1. The fraction of sp³-hybridized carbons (Fsp3) is 0.692. The van der Waals surface area contributed by atoms with Crippen LogP contribution in [-0.2, 0) is 22.5 Å². The number of hydrogen-bond donors (Lipinski definition) is 0. The third kappa shape index (κ3) is 3.97. The Kier molecular flexibility index (Phi) is 5.91. The number of ketones is 1. The predicted octanol–water partition coefficient (Wildman–Crippen LogP) is 2.22. The maximum Gasteiger partial charge on any atom is 0.169 e. The van der Waals surface area contributed by atoms with Crippen molar-refractivity contribution in [1.29, 1.82) is 0 Å². The molecule has 0 aliphatic heterocycles. The Hall–Kier alpha value is -1.16. The molecule has 4 nitrogen and oxygen atoms in total. The molecule has 1 rings (SSSR count). The number of rotatable bonds is 8. The van der Waals surface area contributed by atoms with Gasteiger partial charge >= 0.3 is 0 Å². The topological polar surface area (TPSA) is 44.1 Å². The molecule has 17 heavy (non-hydrogen) atoms. The lowest BCUT2D eigenvalue weighted by Gasteiger charge is -2.14. The summed E-state index contributed by atoms with van der Waals surface area (Å²) in [5.41, 5.74) is 0. The van der Waals surface area contributed by atoms with E-state index in [1.807, 2.05) is 24.6 Å². The van der Waals surface area contributed by atoms with E-state index in [2.05, 4.69) is 11.9 Å². The Morgan fingerprint density at radius 1 is 1.47 bits per heavy atom. The van der Waals surface area contributed by atoms with Crippen LogP contribution in [0.2, 0.25) is 0 Å². The van der Waals surface area contributed by atoms with Crippen molar-refractivity contribution in [3.05, 3.63) is 18.2 Å². The summed E-state index contributed by atoms with van der Waals surface area (Å²) >= 11 is 0. The Morgan fingerprint density at radius 2 is 2.24 bits per heavy atom. The number of hydrogen-bond acceptors (Lipinski definition) is 3. The molecule has 96 valence electrons. The zero-order valence-corrected chi connectivity index (χ0v) is 11.0. The first kappa shape index (κ1) is 13.9. The number of aryl methyl sites for hydroxylation is 1. The second-order valence-electron chi connectivity index (χ2n) is 4.03. The fourth-order valence-electron chi connectivity index (χ4n) is 1.86. The molecule has 1 unspecified atom stereocenters. The number of Topliss-reactive ketones (excluding diaryl/α,β-unsaturated/α-hetero) is 1. The molecular weight excluding hydrogens is 216 g/mol. The van der Waals surface area contributed by atoms with Crippen LogP contribution in [0.4, 0.5) is 0 Å². The predicted molar refractivity (Wildman–Crippen MR) is 66.9 cm³/mol. The molecule has 0 N–H and O–H groups in total. The molecule has 0 spiro atoms. The minimum atomic E-state index is -0.285. The van der Waals surface area contributed by atoms with Crippen LogP contribution in [0.1, 0.15) is 39.4 Å². The normalized spacial score (nSPS) is 12.6. The van der Waals surface area contributed by atoms with E-state index >= 15 is 0 Å². The Bertz CT molecular complexity index is 347. The van der Waals surface area contributed by atoms with Gasteiger partial charge in [-0.3, -0.25) is 4.79 Å². The number of ether oxygens (including phenoxy) is 1. The van der Waals surface area contributed by atoms with Crippen LogP contribution in [0.15, 0.2) is 12.4 Å². The first-order valence-electron chi connectivity index (χ1n) is 6.37. The highest BCUT2D eigenvalue weighted by Crippen LogP contribution is 2.07. The average molecular weight is 238 g/mol. The molecule has 0 radical (unpaired) electrons. The van der Waals surface area contributed by atoms with Crippen LogP contribution in [0.3, 0.4) is 0 Å². The van der Waals surface area contributed by atoms with Crippen LogP contribution >= 0.6 is 0 Å². The van der Waals surface area contributed by atoms with E-state index in [1.165, 1.54) is 0 Å². The third-order valence-corrected chi connectivity index (χ3v) is 2.70. The maximum atomic E-state index is 12.0. The molecule has 1 atom stereocenters. The molecular formula is C13H22N2O2. The van der Waals surface area contributed by atoms with E-state index in [0.29, 0.717) is 13.0 Å². The van der Waals surface area contributed by atoms with Crippen molar-refractivity contribution in [3.8, 4) is 0 Å². The van der Waals surface area contributed by atoms with Crippen molar-refractivity contribution >= 4 is 5.78 Å². The van der Waals surface area contributed by atoms with Gasteiger partial charge in [-0.25, -0.2) is 4.98 Å². The minimum absolute atomic E-state index is 0.123. The van der Waals surface area contributed by atoms with Gasteiger partial charge in [0.05, 0.1) is 6.42 Å². The maximum absolute atomic E-state index is 12.0. The number of carbonyl (C=O) groups is 1. The Labute approximate surface area is 103 Å². The first-order valence-corrected chi connectivity index (χ1v) is 6.37. The van der Waals surface area contributed by atoms with Gasteiger partial charge in [-0.2, -0.15) is 0 Å². The van der Waals surface area contributed by atoms with E-state index < -0.39 is 0 Å².